The fourth-order valence-corrected chi connectivity index (χ4v) is 4.20. The highest BCUT2D eigenvalue weighted by atomic mass is 16.5. The van der Waals surface area contributed by atoms with Crippen LogP contribution in [0, 0.1) is 0 Å². The first-order valence-electron chi connectivity index (χ1n) is 12.3. The van der Waals surface area contributed by atoms with Crippen molar-refractivity contribution in [3.05, 3.63) is 108 Å². The minimum absolute atomic E-state index is 0.0272. The molecule has 1 aliphatic heterocycles. The number of carbonyl (C=O) groups excluding carboxylic acids is 2. The zero-order chi connectivity index (χ0) is 26.2. The molecule has 4 rings (SSSR count). The molecule has 7 heteroatoms. The largest absolute Gasteiger partial charge is 0.507 e. The Bertz CT molecular complexity index is 1280. The molecule has 1 aliphatic rings. The second-order valence-electron chi connectivity index (χ2n) is 8.69. The number of Topliss-reactive ketones (excluding diaryl/α,β-unsaturated/α-hetero) is 1. The van der Waals surface area contributed by atoms with Gasteiger partial charge in [0.15, 0.2) is 0 Å². The molecule has 0 saturated carbocycles. The molecular weight excluding hydrogens is 468 g/mol. The topological polar surface area (TPSA) is 89.0 Å². The van der Waals surface area contributed by atoms with Crippen molar-refractivity contribution < 1.29 is 24.2 Å². The van der Waals surface area contributed by atoms with Gasteiger partial charge in [-0.05, 0) is 47.9 Å². The third-order valence-corrected chi connectivity index (χ3v) is 6.05. The van der Waals surface area contributed by atoms with Crippen LogP contribution in [0.1, 0.15) is 42.5 Å². The van der Waals surface area contributed by atoms with E-state index in [1.165, 1.54) is 4.90 Å². The molecule has 190 valence electrons. The highest BCUT2D eigenvalue weighted by Crippen LogP contribution is 2.41. The van der Waals surface area contributed by atoms with Crippen LogP contribution in [-0.2, 0) is 16.1 Å². The van der Waals surface area contributed by atoms with Crippen molar-refractivity contribution in [2.75, 3.05) is 13.2 Å². The summed E-state index contributed by atoms with van der Waals surface area (Å²) in [5, 5.41) is 11.4. The molecule has 1 N–H and O–H groups in total. The van der Waals surface area contributed by atoms with Crippen molar-refractivity contribution in [2.45, 2.75) is 32.4 Å². The zero-order valence-electron chi connectivity index (χ0n) is 20.8. The van der Waals surface area contributed by atoms with Crippen molar-refractivity contribution in [1.29, 1.82) is 0 Å². The molecule has 0 bridgehead atoms. The fourth-order valence-electron chi connectivity index (χ4n) is 4.20. The standard InChI is InChI=1S/C30H30N2O5/c1-3-5-17-37-25-10-6-9-23(18-25)28(33)26-27(22-11-13-24(14-12-22)36-16-4-2)32(30(35)29(26)34)20-21-8-7-15-31-19-21/h4,6-15,18-19,27,33H,2-3,5,16-17,20H2,1H3/b28-26+. The summed E-state index contributed by atoms with van der Waals surface area (Å²) >= 11 is 0. The van der Waals surface area contributed by atoms with Crippen molar-refractivity contribution in [3.63, 3.8) is 0 Å². The molecule has 1 fully saturated rings. The smallest absolute Gasteiger partial charge is 0.295 e. The number of rotatable bonds is 11. The number of aliphatic hydroxyl groups excluding tert-OH is 1. The molecular formula is C30H30N2O5. The minimum Gasteiger partial charge on any atom is -0.507 e. The average molecular weight is 499 g/mol. The third kappa shape index (κ3) is 5.89. The van der Waals surface area contributed by atoms with E-state index in [-0.39, 0.29) is 17.9 Å². The van der Waals surface area contributed by atoms with Crippen LogP contribution in [0.4, 0.5) is 0 Å². The van der Waals surface area contributed by atoms with Gasteiger partial charge in [-0.1, -0.05) is 56.3 Å². The number of ketones is 1. The van der Waals surface area contributed by atoms with E-state index in [0.717, 1.165) is 18.4 Å². The number of hydrogen-bond acceptors (Lipinski definition) is 6. The second-order valence-corrected chi connectivity index (χ2v) is 8.69. The monoisotopic (exact) mass is 498 g/mol. The number of carbonyl (C=O) groups is 2. The van der Waals surface area contributed by atoms with Gasteiger partial charge in [-0.15, -0.1) is 0 Å². The van der Waals surface area contributed by atoms with Crippen LogP contribution in [0.15, 0.2) is 91.3 Å². The molecule has 2 heterocycles. The minimum atomic E-state index is -0.793. The Morgan fingerprint density at radius 2 is 1.89 bits per heavy atom. The van der Waals surface area contributed by atoms with Crippen LogP contribution < -0.4 is 9.47 Å². The molecule has 0 radical (unpaired) electrons. The molecule has 0 aliphatic carbocycles. The Morgan fingerprint density at radius 1 is 1.08 bits per heavy atom. The lowest BCUT2D eigenvalue weighted by Gasteiger charge is -2.25. The van der Waals surface area contributed by atoms with E-state index in [2.05, 4.69) is 18.5 Å². The Labute approximate surface area is 216 Å². The summed E-state index contributed by atoms with van der Waals surface area (Å²) in [4.78, 5) is 32.1. The van der Waals surface area contributed by atoms with Gasteiger partial charge in [0, 0.05) is 24.5 Å². The predicted octanol–water partition coefficient (Wildman–Crippen LogP) is 5.45. The Kier molecular flexibility index (Phi) is 8.36. The van der Waals surface area contributed by atoms with Crippen LogP contribution in [0.3, 0.4) is 0 Å². The van der Waals surface area contributed by atoms with Crippen LogP contribution >= 0.6 is 0 Å². The maximum Gasteiger partial charge on any atom is 0.295 e. The number of nitrogens with zero attached hydrogens (tertiary/aromatic N) is 2. The molecule has 1 saturated heterocycles. The quantitative estimate of drug-likeness (QED) is 0.124. The number of aromatic nitrogens is 1. The Morgan fingerprint density at radius 3 is 2.59 bits per heavy atom. The van der Waals surface area contributed by atoms with Gasteiger partial charge in [-0.25, -0.2) is 0 Å². The Balaban J connectivity index is 1.76. The first-order chi connectivity index (χ1) is 18.0. The molecule has 2 aromatic carbocycles. The first kappa shape index (κ1) is 25.7. The number of benzene rings is 2. The number of unbranched alkanes of at least 4 members (excludes halogenated alkanes) is 1. The maximum atomic E-state index is 13.3. The van der Waals surface area contributed by atoms with Crippen LogP contribution in [0.25, 0.3) is 5.76 Å². The summed E-state index contributed by atoms with van der Waals surface area (Å²) in [7, 11) is 0. The first-order valence-corrected chi connectivity index (χ1v) is 12.3. The third-order valence-electron chi connectivity index (χ3n) is 6.05. The van der Waals surface area contributed by atoms with E-state index in [1.807, 2.05) is 6.07 Å². The van der Waals surface area contributed by atoms with E-state index >= 15 is 0 Å². The van der Waals surface area contributed by atoms with Gasteiger partial charge >= 0.3 is 0 Å². The van der Waals surface area contributed by atoms with Crippen molar-refractivity contribution in [1.82, 2.24) is 9.88 Å². The second kappa shape index (κ2) is 12.0. The van der Waals surface area contributed by atoms with Gasteiger partial charge < -0.3 is 19.5 Å². The normalized spacial score (nSPS) is 16.6. The fraction of sp³-hybridized carbons (Fsp3) is 0.233. The zero-order valence-corrected chi connectivity index (χ0v) is 20.8. The number of amides is 1. The van der Waals surface area contributed by atoms with E-state index in [0.29, 0.717) is 35.8 Å². The van der Waals surface area contributed by atoms with Crippen molar-refractivity contribution in [2.24, 2.45) is 0 Å². The maximum absolute atomic E-state index is 13.3. The van der Waals surface area contributed by atoms with Crippen LogP contribution in [0.5, 0.6) is 11.5 Å². The lowest BCUT2D eigenvalue weighted by molar-refractivity contribution is -0.140. The number of ether oxygens (including phenoxy) is 2. The van der Waals surface area contributed by atoms with Crippen molar-refractivity contribution >= 4 is 17.4 Å². The molecule has 3 aromatic rings. The van der Waals surface area contributed by atoms with E-state index in [9.17, 15) is 14.7 Å². The van der Waals surface area contributed by atoms with E-state index < -0.39 is 17.7 Å². The highest BCUT2D eigenvalue weighted by Gasteiger charge is 2.46. The molecule has 37 heavy (non-hydrogen) atoms. The molecule has 0 spiro atoms. The highest BCUT2D eigenvalue weighted by molar-refractivity contribution is 6.46. The summed E-state index contributed by atoms with van der Waals surface area (Å²) in [6.07, 6.45) is 6.85. The number of aliphatic hydroxyl groups is 1. The summed E-state index contributed by atoms with van der Waals surface area (Å²) in [5.41, 5.74) is 1.88. The predicted molar refractivity (Wildman–Crippen MR) is 141 cm³/mol. The lowest BCUT2D eigenvalue weighted by atomic mass is 9.95. The van der Waals surface area contributed by atoms with Gasteiger partial charge in [0.05, 0.1) is 18.2 Å². The van der Waals surface area contributed by atoms with Crippen molar-refractivity contribution in [3.8, 4) is 11.5 Å². The van der Waals surface area contributed by atoms with Crippen LogP contribution in [0.2, 0.25) is 0 Å². The number of pyridine rings is 1. The SMILES string of the molecule is C=CCOc1ccc(C2/C(=C(\O)c3cccc(OCCCC)c3)C(=O)C(=O)N2Cc2cccnc2)cc1. The summed E-state index contributed by atoms with van der Waals surface area (Å²) in [6.45, 7) is 6.80. The molecule has 7 nitrogen and oxygen atoms in total. The summed E-state index contributed by atoms with van der Waals surface area (Å²) in [6, 6.07) is 16.9. The Hall–Kier alpha value is -4.39. The average Bonchev–Trinajstić information content (AvgIpc) is 3.17. The van der Waals surface area contributed by atoms with Crippen LogP contribution in [-0.4, -0.2) is 39.9 Å². The van der Waals surface area contributed by atoms with E-state index in [1.54, 1.807) is 73.1 Å². The molecule has 1 amide bonds. The molecule has 1 aromatic heterocycles. The van der Waals surface area contributed by atoms with Gasteiger partial charge in [-0.3, -0.25) is 14.6 Å². The van der Waals surface area contributed by atoms with Gasteiger partial charge in [0.25, 0.3) is 11.7 Å². The van der Waals surface area contributed by atoms with Gasteiger partial charge in [-0.2, -0.15) is 0 Å². The molecule has 1 atom stereocenters. The van der Waals surface area contributed by atoms with Gasteiger partial charge in [0.1, 0.15) is 23.9 Å². The molecule has 1 unspecified atom stereocenters. The summed E-state index contributed by atoms with van der Waals surface area (Å²) in [5.74, 6) is -0.453. The number of hydrogen-bond donors (Lipinski definition) is 1. The van der Waals surface area contributed by atoms with E-state index in [4.69, 9.17) is 9.47 Å². The lowest BCUT2D eigenvalue weighted by Crippen LogP contribution is -2.29. The van der Waals surface area contributed by atoms with Gasteiger partial charge in [0.2, 0.25) is 0 Å². The summed E-state index contributed by atoms with van der Waals surface area (Å²) < 4.78 is 11.4. The number of likely N-dealkylation sites (tertiary alicyclic amines) is 1.